The number of hydrogen-bond acceptors (Lipinski definition) is 7. The summed E-state index contributed by atoms with van der Waals surface area (Å²) >= 11 is 0. The van der Waals surface area contributed by atoms with Gasteiger partial charge in [0.05, 0.1) is 5.39 Å². The highest BCUT2D eigenvalue weighted by Crippen LogP contribution is 2.14. The summed E-state index contributed by atoms with van der Waals surface area (Å²) in [6, 6.07) is 6.75. The Hall–Kier alpha value is -3.03. The van der Waals surface area contributed by atoms with Crippen LogP contribution in [0.25, 0.3) is 10.8 Å². The van der Waals surface area contributed by atoms with E-state index in [9.17, 15) is 9.59 Å². The number of esters is 1. The molecule has 23 heavy (non-hydrogen) atoms. The van der Waals surface area contributed by atoms with E-state index in [0.29, 0.717) is 23.1 Å². The number of fused-ring (bicyclic) bond motifs is 1. The van der Waals surface area contributed by atoms with Gasteiger partial charge in [-0.2, -0.15) is 5.10 Å². The molecule has 0 saturated carbocycles. The second kappa shape index (κ2) is 5.99. The first-order chi connectivity index (χ1) is 11.1. The number of benzene rings is 1. The molecule has 0 aliphatic rings. The molecular weight excluding hydrogens is 300 g/mol. The highest BCUT2D eigenvalue weighted by molar-refractivity contribution is 6.02. The van der Waals surface area contributed by atoms with E-state index in [1.54, 1.807) is 24.3 Å². The SMILES string of the molecule is CCc1nnc(COC(=O)c2nn(C)c(=O)c3ccccc23)o1. The van der Waals surface area contributed by atoms with Crippen molar-refractivity contribution >= 4 is 16.7 Å². The molecule has 0 unspecified atom stereocenters. The lowest BCUT2D eigenvalue weighted by molar-refractivity contribution is 0.0429. The minimum atomic E-state index is -0.659. The summed E-state index contributed by atoms with van der Waals surface area (Å²) in [5.74, 6) is 0.0269. The molecule has 8 nitrogen and oxygen atoms in total. The Balaban J connectivity index is 1.89. The van der Waals surface area contributed by atoms with Crippen molar-refractivity contribution in [1.29, 1.82) is 0 Å². The Labute approximate surface area is 130 Å². The highest BCUT2D eigenvalue weighted by atomic mass is 16.5. The van der Waals surface area contributed by atoms with Gasteiger partial charge < -0.3 is 9.15 Å². The summed E-state index contributed by atoms with van der Waals surface area (Å²) in [4.78, 5) is 24.3. The van der Waals surface area contributed by atoms with Crippen LogP contribution in [0.2, 0.25) is 0 Å². The van der Waals surface area contributed by atoms with E-state index in [1.807, 2.05) is 6.92 Å². The maximum absolute atomic E-state index is 12.3. The van der Waals surface area contributed by atoms with Gasteiger partial charge >= 0.3 is 5.97 Å². The van der Waals surface area contributed by atoms with Crippen LogP contribution in [-0.2, 0) is 24.8 Å². The van der Waals surface area contributed by atoms with Crippen molar-refractivity contribution in [2.75, 3.05) is 0 Å². The van der Waals surface area contributed by atoms with Crippen molar-refractivity contribution in [3.8, 4) is 0 Å². The average Bonchev–Trinajstić information content (AvgIpc) is 3.04. The number of aryl methyl sites for hydroxylation is 2. The van der Waals surface area contributed by atoms with E-state index in [2.05, 4.69) is 15.3 Å². The van der Waals surface area contributed by atoms with Gasteiger partial charge in [0.2, 0.25) is 5.89 Å². The molecule has 0 saturated heterocycles. The van der Waals surface area contributed by atoms with Gasteiger partial charge in [-0.15, -0.1) is 10.2 Å². The molecule has 1 aromatic carbocycles. The van der Waals surface area contributed by atoms with Crippen LogP contribution >= 0.6 is 0 Å². The van der Waals surface area contributed by atoms with Crippen LogP contribution in [0.5, 0.6) is 0 Å². The third kappa shape index (κ3) is 2.83. The van der Waals surface area contributed by atoms with Gasteiger partial charge in [0.15, 0.2) is 12.3 Å². The molecule has 0 spiro atoms. The molecule has 3 aromatic rings. The fraction of sp³-hybridized carbons (Fsp3) is 0.267. The lowest BCUT2D eigenvalue weighted by atomic mass is 10.1. The number of nitrogens with zero attached hydrogens (tertiary/aromatic N) is 4. The first-order valence-electron chi connectivity index (χ1n) is 7.04. The third-order valence-corrected chi connectivity index (χ3v) is 3.29. The van der Waals surface area contributed by atoms with Crippen molar-refractivity contribution in [2.45, 2.75) is 20.0 Å². The van der Waals surface area contributed by atoms with Crippen molar-refractivity contribution in [1.82, 2.24) is 20.0 Å². The summed E-state index contributed by atoms with van der Waals surface area (Å²) in [5.41, 5.74) is -0.209. The molecule has 0 radical (unpaired) electrons. The monoisotopic (exact) mass is 314 g/mol. The van der Waals surface area contributed by atoms with Crippen molar-refractivity contribution < 1.29 is 13.9 Å². The molecule has 118 valence electrons. The summed E-state index contributed by atoms with van der Waals surface area (Å²) < 4.78 is 11.5. The standard InChI is InChI=1S/C15H14N4O4/c1-3-11-16-17-12(23-11)8-22-15(21)13-9-6-4-5-7-10(9)14(20)19(2)18-13/h4-7H,3,8H2,1-2H3. The Morgan fingerprint density at radius 3 is 2.61 bits per heavy atom. The highest BCUT2D eigenvalue weighted by Gasteiger charge is 2.18. The first kappa shape index (κ1) is 14.9. The van der Waals surface area contributed by atoms with Gasteiger partial charge in [0.25, 0.3) is 11.4 Å². The lowest BCUT2D eigenvalue weighted by Crippen LogP contribution is -2.23. The Kier molecular flexibility index (Phi) is 3.88. The van der Waals surface area contributed by atoms with E-state index in [1.165, 1.54) is 7.05 Å². The summed E-state index contributed by atoms with van der Waals surface area (Å²) in [5, 5.41) is 12.4. The number of rotatable bonds is 4. The second-order valence-electron chi connectivity index (χ2n) is 4.84. The second-order valence-corrected chi connectivity index (χ2v) is 4.84. The maximum atomic E-state index is 12.3. The van der Waals surface area contributed by atoms with E-state index < -0.39 is 5.97 Å². The first-order valence-corrected chi connectivity index (χ1v) is 7.04. The quantitative estimate of drug-likeness (QED) is 0.668. The largest absolute Gasteiger partial charge is 0.451 e. The molecule has 0 fully saturated rings. The molecular formula is C15H14N4O4. The zero-order valence-electron chi connectivity index (χ0n) is 12.6. The Morgan fingerprint density at radius 2 is 1.91 bits per heavy atom. The molecule has 2 aromatic heterocycles. The fourth-order valence-corrected chi connectivity index (χ4v) is 2.14. The predicted octanol–water partition coefficient (Wildman–Crippen LogP) is 1.24. The van der Waals surface area contributed by atoms with Gasteiger partial charge in [-0.3, -0.25) is 4.79 Å². The van der Waals surface area contributed by atoms with Gasteiger partial charge in [-0.05, 0) is 6.07 Å². The Morgan fingerprint density at radius 1 is 1.22 bits per heavy atom. The summed E-state index contributed by atoms with van der Waals surface area (Å²) in [6.07, 6.45) is 0.605. The molecule has 0 amide bonds. The summed E-state index contributed by atoms with van der Waals surface area (Å²) in [7, 11) is 1.48. The normalized spacial score (nSPS) is 10.9. The van der Waals surface area contributed by atoms with Gasteiger partial charge in [0, 0.05) is 18.9 Å². The van der Waals surface area contributed by atoms with Crippen LogP contribution in [-0.4, -0.2) is 25.9 Å². The molecule has 0 N–H and O–H groups in total. The van der Waals surface area contributed by atoms with Crippen LogP contribution < -0.4 is 5.56 Å². The van der Waals surface area contributed by atoms with Crippen LogP contribution in [0.15, 0.2) is 33.5 Å². The number of carbonyl (C=O) groups excluding carboxylic acids is 1. The number of hydrogen-bond donors (Lipinski definition) is 0. The van der Waals surface area contributed by atoms with Gasteiger partial charge in [0.1, 0.15) is 0 Å². The van der Waals surface area contributed by atoms with Crippen LogP contribution in [0.1, 0.15) is 29.2 Å². The van der Waals surface area contributed by atoms with Crippen LogP contribution in [0, 0.1) is 0 Å². The molecule has 0 aliphatic carbocycles. The molecule has 0 bridgehead atoms. The molecule has 3 rings (SSSR count). The average molecular weight is 314 g/mol. The molecule has 0 aliphatic heterocycles. The van der Waals surface area contributed by atoms with Crippen LogP contribution in [0.4, 0.5) is 0 Å². The fourth-order valence-electron chi connectivity index (χ4n) is 2.14. The lowest BCUT2D eigenvalue weighted by Gasteiger charge is -2.07. The number of carbonyl (C=O) groups is 1. The third-order valence-electron chi connectivity index (χ3n) is 3.29. The van der Waals surface area contributed by atoms with Gasteiger partial charge in [-0.25, -0.2) is 9.48 Å². The van der Waals surface area contributed by atoms with Crippen LogP contribution in [0.3, 0.4) is 0 Å². The smallest absolute Gasteiger partial charge is 0.359 e. The van der Waals surface area contributed by atoms with E-state index in [0.717, 1.165) is 4.68 Å². The number of aromatic nitrogens is 4. The molecule has 2 heterocycles. The number of ether oxygens (including phenoxy) is 1. The van der Waals surface area contributed by atoms with E-state index in [4.69, 9.17) is 9.15 Å². The Bertz CT molecular complexity index is 929. The zero-order valence-corrected chi connectivity index (χ0v) is 12.6. The van der Waals surface area contributed by atoms with Crippen molar-refractivity contribution in [3.05, 3.63) is 52.1 Å². The molecule has 8 heteroatoms. The van der Waals surface area contributed by atoms with E-state index in [-0.39, 0.29) is 23.8 Å². The minimum Gasteiger partial charge on any atom is -0.451 e. The molecule has 0 atom stereocenters. The van der Waals surface area contributed by atoms with E-state index >= 15 is 0 Å². The van der Waals surface area contributed by atoms with Crippen molar-refractivity contribution in [3.63, 3.8) is 0 Å². The summed E-state index contributed by atoms with van der Waals surface area (Å²) in [6.45, 7) is 1.73. The van der Waals surface area contributed by atoms with Crippen molar-refractivity contribution in [2.24, 2.45) is 7.05 Å². The maximum Gasteiger partial charge on any atom is 0.359 e. The predicted molar refractivity (Wildman–Crippen MR) is 79.8 cm³/mol. The topological polar surface area (TPSA) is 100 Å². The minimum absolute atomic E-state index is 0.0675. The van der Waals surface area contributed by atoms with Gasteiger partial charge in [-0.1, -0.05) is 25.1 Å². The zero-order chi connectivity index (χ0) is 16.4.